The van der Waals surface area contributed by atoms with Gasteiger partial charge in [0.15, 0.2) is 0 Å². The van der Waals surface area contributed by atoms with Crippen LogP contribution in [0.1, 0.15) is 0 Å². The minimum atomic E-state index is 0.169. The molecule has 9 nitrogen and oxygen atoms in total. The third-order valence-corrected chi connectivity index (χ3v) is 4.89. The minimum absolute atomic E-state index is 0.169. The topological polar surface area (TPSA) is 141 Å². The maximum Gasteiger partial charge on any atom is 0.222 e. The van der Waals surface area contributed by atoms with Gasteiger partial charge in [-0.25, -0.2) is 15.0 Å². The van der Waals surface area contributed by atoms with E-state index in [-0.39, 0.29) is 11.9 Å². The summed E-state index contributed by atoms with van der Waals surface area (Å²) in [7, 11) is 0. The molecule has 3 heterocycles. The molecule has 166 valence electrons. The maximum absolute atomic E-state index is 5.94. The van der Waals surface area contributed by atoms with Crippen molar-refractivity contribution < 1.29 is 0 Å². The molecule has 5 rings (SSSR count). The van der Waals surface area contributed by atoms with Crippen LogP contribution in [0.5, 0.6) is 0 Å². The van der Waals surface area contributed by atoms with Gasteiger partial charge in [0.1, 0.15) is 23.3 Å². The molecule has 0 radical (unpaired) electrons. The van der Waals surface area contributed by atoms with Crippen molar-refractivity contribution in [1.82, 2.24) is 24.9 Å². The second-order valence-electron chi connectivity index (χ2n) is 7.38. The summed E-state index contributed by atoms with van der Waals surface area (Å²) in [5.74, 6) is 2.56. The molecule has 0 saturated heterocycles. The number of nitrogens with one attached hydrogen (secondary N) is 2. The lowest BCUT2D eigenvalue weighted by Crippen LogP contribution is -2.04. The Morgan fingerprint density at radius 2 is 0.882 bits per heavy atom. The van der Waals surface area contributed by atoms with Gasteiger partial charge in [-0.15, -0.1) is 0 Å². The molecule has 5 aromatic rings. The van der Waals surface area contributed by atoms with Crippen LogP contribution in [0.4, 0.5) is 35.2 Å². The van der Waals surface area contributed by atoms with Crippen LogP contribution in [0.25, 0.3) is 22.5 Å². The Kier molecular flexibility index (Phi) is 5.64. The lowest BCUT2D eigenvalue weighted by molar-refractivity contribution is 1.16. The first-order valence-electron chi connectivity index (χ1n) is 10.5. The van der Waals surface area contributed by atoms with E-state index in [1.165, 1.54) is 0 Å². The Morgan fingerprint density at radius 1 is 0.441 bits per heavy atom. The fraction of sp³-hybridized carbons (Fsp3) is 0. The molecular formula is C25H21N9. The van der Waals surface area contributed by atoms with Crippen LogP contribution < -0.4 is 22.1 Å². The third kappa shape index (κ3) is 4.89. The highest BCUT2D eigenvalue weighted by Crippen LogP contribution is 2.25. The smallest absolute Gasteiger partial charge is 0.222 e. The van der Waals surface area contributed by atoms with Crippen molar-refractivity contribution in [2.75, 3.05) is 22.1 Å². The van der Waals surface area contributed by atoms with E-state index < -0.39 is 0 Å². The van der Waals surface area contributed by atoms with E-state index >= 15 is 0 Å². The van der Waals surface area contributed by atoms with Crippen LogP contribution in [0.15, 0.2) is 91.0 Å². The third-order valence-electron chi connectivity index (χ3n) is 4.89. The Morgan fingerprint density at radius 3 is 1.32 bits per heavy atom. The Labute approximate surface area is 196 Å². The van der Waals surface area contributed by atoms with Gasteiger partial charge in [0.25, 0.3) is 0 Å². The highest BCUT2D eigenvalue weighted by atomic mass is 15.2. The van der Waals surface area contributed by atoms with E-state index in [1.807, 2.05) is 91.0 Å². The van der Waals surface area contributed by atoms with Gasteiger partial charge in [-0.2, -0.15) is 9.97 Å². The van der Waals surface area contributed by atoms with Gasteiger partial charge >= 0.3 is 0 Å². The largest absolute Gasteiger partial charge is 0.368 e. The molecule has 0 bridgehead atoms. The molecule has 3 aromatic heterocycles. The van der Waals surface area contributed by atoms with Crippen molar-refractivity contribution in [3.8, 4) is 22.5 Å². The highest BCUT2D eigenvalue weighted by molar-refractivity contribution is 5.68. The van der Waals surface area contributed by atoms with Gasteiger partial charge in [0, 0.05) is 23.3 Å². The van der Waals surface area contributed by atoms with E-state index in [1.54, 1.807) is 0 Å². The number of nitrogen functional groups attached to an aromatic ring is 2. The molecular weight excluding hydrogens is 426 g/mol. The standard InChI is InChI=1S/C25H21N9/c26-24-28-18(16-8-3-1-4-9-16)14-22(33-24)31-20-12-7-13-21(30-20)32-23-15-19(29-25(27)34-23)17-10-5-2-6-11-17/h1-15H,(H6,26,27,28,29,30,31,32,33,34). The predicted molar refractivity (Wildman–Crippen MR) is 135 cm³/mol. The van der Waals surface area contributed by atoms with Gasteiger partial charge in [0.2, 0.25) is 11.9 Å². The highest BCUT2D eigenvalue weighted by Gasteiger charge is 2.08. The number of hydrogen-bond acceptors (Lipinski definition) is 9. The number of nitrogens with two attached hydrogens (primary N) is 2. The Hall–Kier alpha value is -5.05. The first kappa shape index (κ1) is 20.8. The fourth-order valence-electron chi connectivity index (χ4n) is 3.41. The monoisotopic (exact) mass is 447 g/mol. The van der Waals surface area contributed by atoms with Crippen molar-refractivity contribution in [2.45, 2.75) is 0 Å². The SMILES string of the molecule is Nc1nc(Nc2cccc(Nc3cc(-c4ccccc4)nc(N)n3)n2)cc(-c2ccccc2)n1. The van der Waals surface area contributed by atoms with Gasteiger partial charge in [0.05, 0.1) is 11.4 Å². The lowest BCUT2D eigenvalue weighted by atomic mass is 10.1. The molecule has 0 aliphatic rings. The number of aromatic nitrogens is 5. The molecule has 2 aromatic carbocycles. The zero-order valence-corrected chi connectivity index (χ0v) is 18.1. The molecule has 0 saturated carbocycles. The second-order valence-corrected chi connectivity index (χ2v) is 7.38. The molecule has 0 atom stereocenters. The number of rotatable bonds is 6. The Bertz CT molecular complexity index is 1320. The zero-order valence-electron chi connectivity index (χ0n) is 18.1. The number of hydrogen-bond donors (Lipinski definition) is 4. The van der Waals surface area contributed by atoms with Crippen molar-refractivity contribution in [3.63, 3.8) is 0 Å². The number of anilines is 6. The molecule has 0 fully saturated rings. The minimum Gasteiger partial charge on any atom is -0.368 e. The van der Waals surface area contributed by atoms with Crippen molar-refractivity contribution in [2.24, 2.45) is 0 Å². The van der Waals surface area contributed by atoms with Crippen LogP contribution in [0.2, 0.25) is 0 Å². The van der Waals surface area contributed by atoms with Gasteiger partial charge < -0.3 is 22.1 Å². The lowest BCUT2D eigenvalue weighted by Gasteiger charge is -2.11. The molecule has 0 aliphatic heterocycles. The van der Waals surface area contributed by atoms with E-state index in [0.29, 0.717) is 23.3 Å². The number of benzene rings is 2. The van der Waals surface area contributed by atoms with Crippen molar-refractivity contribution in [1.29, 1.82) is 0 Å². The summed E-state index contributed by atoms with van der Waals surface area (Å²) in [6.07, 6.45) is 0. The van der Waals surface area contributed by atoms with Crippen LogP contribution >= 0.6 is 0 Å². The first-order valence-corrected chi connectivity index (χ1v) is 10.5. The molecule has 0 unspecified atom stereocenters. The summed E-state index contributed by atoms with van der Waals surface area (Å²) in [6.45, 7) is 0. The summed E-state index contributed by atoms with van der Waals surface area (Å²) in [6, 6.07) is 28.7. The van der Waals surface area contributed by atoms with E-state index in [4.69, 9.17) is 11.5 Å². The fourth-order valence-corrected chi connectivity index (χ4v) is 3.41. The van der Waals surface area contributed by atoms with Crippen LogP contribution in [0, 0.1) is 0 Å². The average molecular weight is 448 g/mol. The molecule has 6 N–H and O–H groups in total. The quantitative estimate of drug-likeness (QED) is 0.293. The van der Waals surface area contributed by atoms with E-state index in [9.17, 15) is 0 Å². The van der Waals surface area contributed by atoms with Crippen molar-refractivity contribution >= 4 is 35.2 Å². The van der Waals surface area contributed by atoms with Gasteiger partial charge in [-0.05, 0) is 12.1 Å². The molecule has 0 spiro atoms. The van der Waals surface area contributed by atoms with Crippen molar-refractivity contribution in [3.05, 3.63) is 91.0 Å². The molecule has 0 amide bonds. The maximum atomic E-state index is 5.94. The van der Waals surface area contributed by atoms with Gasteiger partial charge in [-0.1, -0.05) is 66.7 Å². The van der Waals surface area contributed by atoms with Gasteiger partial charge in [-0.3, -0.25) is 0 Å². The molecule has 9 heteroatoms. The van der Waals surface area contributed by atoms with Crippen LogP contribution in [0.3, 0.4) is 0 Å². The number of nitrogens with zero attached hydrogens (tertiary/aromatic N) is 5. The van der Waals surface area contributed by atoms with E-state index in [0.717, 1.165) is 22.5 Å². The average Bonchev–Trinajstić information content (AvgIpc) is 2.85. The Balaban J connectivity index is 1.38. The summed E-state index contributed by atoms with van der Waals surface area (Å²) in [5, 5.41) is 6.38. The zero-order chi connectivity index (χ0) is 23.3. The van der Waals surface area contributed by atoms with Crippen LogP contribution in [-0.2, 0) is 0 Å². The predicted octanol–water partition coefficient (Wildman–Crippen LogP) is 4.65. The first-order chi connectivity index (χ1) is 16.6. The summed E-state index contributed by atoms with van der Waals surface area (Å²) < 4.78 is 0. The van der Waals surface area contributed by atoms with E-state index in [2.05, 4.69) is 35.6 Å². The molecule has 0 aliphatic carbocycles. The normalized spacial score (nSPS) is 10.6. The van der Waals surface area contributed by atoms with Crippen LogP contribution in [-0.4, -0.2) is 24.9 Å². The summed E-state index contributed by atoms with van der Waals surface area (Å²) >= 11 is 0. The summed E-state index contributed by atoms with van der Waals surface area (Å²) in [4.78, 5) is 21.8. The summed E-state index contributed by atoms with van der Waals surface area (Å²) in [5.41, 5.74) is 15.2. The number of pyridine rings is 1. The second kappa shape index (κ2) is 9.21. The molecule has 34 heavy (non-hydrogen) atoms.